The van der Waals surface area contributed by atoms with E-state index in [-0.39, 0.29) is 17.8 Å². The molecule has 2 aliphatic rings. The number of methoxy groups -OCH3 is 1. The van der Waals surface area contributed by atoms with Crippen molar-refractivity contribution in [3.05, 3.63) is 53.8 Å². The summed E-state index contributed by atoms with van der Waals surface area (Å²) in [6.45, 7) is 0. The lowest BCUT2D eigenvalue weighted by Crippen LogP contribution is -2.70. The monoisotopic (exact) mass is 333 g/mol. The molecule has 0 unspecified atom stereocenters. The molecule has 3 atom stereocenters. The van der Waals surface area contributed by atoms with Crippen molar-refractivity contribution >= 4 is 23.2 Å². The SMILES string of the molecule is COc1ccc(N2C(=O)[C@H]3Oc4ccc(F)cc4[C@H](Cl)[C@H]32)cc1. The van der Waals surface area contributed by atoms with E-state index in [1.807, 2.05) is 0 Å². The Bertz CT molecular complexity index is 780. The van der Waals surface area contributed by atoms with Crippen LogP contribution in [-0.2, 0) is 4.79 Å². The topological polar surface area (TPSA) is 38.8 Å². The first-order valence-electron chi connectivity index (χ1n) is 7.17. The van der Waals surface area contributed by atoms with Crippen LogP contribution >= 0.6 is 11.6 Å². The van der Waals surface area contributed by atoms with Crippen molar-refractivity contribution in [3.8, 4) is 11.5 Å². The first kappa shape index (κ1) is 14.3. The van der Waals surface area contributed by atoms with Crippen LogP contribution in [0.5, 0.6) is 11.5 Å². The lowest BCUT2D eigenvalue weighted by atomic mass is 9.87. The summed E-state index contributed by atoms with van der Waals surface area (Å²) in [4.78, 5) is 14.0. The number of amides is 1. The van der Waals surface area contributed by atoms with Crippen molar-refractivity contribution in [2.75, 3.05) is 12.0 Å². The molecule has 2 aromatic rings. The normalized spacial score (nSPS) is 25.1. The van der Waals surface area contributed by atoms with Gasteiger partial charge in [-0.25, -0.2) is 4.39 Å². The number of hydrogen-bond donors (Lipinski definition) is 0. The minimum atomic E-state index is -0.627. The van der Waals surface area contributed by atoms with Crippen LogP contribution in [0.25, 0.3) is 0 Å². The summed E-state index contributed by atoms with van der Waals surface area (Å²) in [6, 6.07) is 10.9. The molecule has 2 aliphatic heterocycles. The highest BCUT2D eigenvalue weighted by atomic mass is 35.5. The van der Waals surface area contributed by atoms with Crippen molar-refractivity contribution in [2.45, 2.75) is 17.5 Å². The highest BCUT2D eigenvalue weighted by Gasteiger charge is 2.56. The Balaban J connectivity index is 1.69. The van der Waals surface area contributed by atoms with Gasteiger partial charge in [0.05, 0.1) is 12.5 Å². The average molecular weight is 334 g/mol. The van der Waals surface area contributed by atoms with Crippen LogP contribution in [-0.4, -0.2) is 25.2 Å². The van der Waals surface area contributed by atoms with Gasteiger partial charge in [-0.15, -0.1) is 11.6 Å². The molecule has 4 nitrogen and oxygen atoms in total. The van der Waals surface area contributed by atoms with Gasteiger partial charge in [-0.3, -0.25) is 9.69 Å². The Morgan fingerprint density at radius 2 is 1.96 bits per heavy atom. The second kappa shape index (κ2) is 5.13. The van der Waals surface area contributed by atoms with Gasteiger partial charge in [0.25, 0.3) is 5.91 Å². The summed E-state index contributed by atoms with van der Waals surface area (Å²) in [5.41, 5.74) is 1.28. The van der Waals surface area contributed by atoms with E-state index in [0.29, 0.717) is 22.7 Å². The quantitative estimate of drug-likeness (QED) is 0.625. The van der Waals surface area contributed by atoms with Gasteiger partial charge >= 0.3 is 0 Å². The molecule has 0 aliphatic carbocycles. The van der Waals surface area contributed by atoms with E-state index in [0.717, 1.165) is 0 Å². The van der Waals surface area contributed by atoms with Crippen LogP contribution in [0.2, 0.25) is 0 Å². The van der Waals surface area contributed by atoms with Crippen LogP contribution < -0.4 is 14.4 Å². The molecule has 0 bridgehead atoms. The fourth-order valence-electron chi connectivity index (χ4n) is 3.09. The zero-order chi connectivity index (χ0) is 16.1. The second-order valence-electron chi connectivity index (χ2n) is 5.52. The molecule has 1 saturated heterocycles. The third-order valence-corrected chi connectivity index (χ3v) is 4.76. The first-order chi connectivity index (χ1) is 11.1. The molecule has 0 spiro atoms. The number of carbonyl (C=O) groups is 1. The lowest BCUT2D eigenvalue weighted by molar-refractivity contribution is -0.135. The van der Waals surface area contributed by atoms with Crippen LogP contribution in [0.15, 0.2) is 42.5 Å². The van der Waals surface area contributed by atoms with E-state index in [1.165, 1.54) is 18.2 Å². The summed E-state index contributed by atoms with van der Waals surface area (Å²) in [7, 11) is 1.58. The summed E-state index contributed by atoms with van der Waals surface area (Å²) in [5, 5.41) is -0.528. The van der Waals surface area contributed by atoms with Crippen LogP contribution in [0.4, 0.5) is 10.1 Å². The highest BCUT2D eigenvalue weighted by Crippen LogP contribution is 2.47. The van der Waals surface area contributed by atoms with Gasteiger partial charge in [-0.1, -0.05) is 0 Å². The predicted octanol–water partition coefficient (Wildman–Crippen LogP) is 3.29. The van der Waals surface area contributed by atoms with E-state index in [1.54, 1.807) is 36.3 Å². The summed E-state index contributed by atoms with van der Waals surface area (Å²) in [5.74, 6) is 0.641. The third kappa shape index (κ3) is 2.07. The molecule has 23 heavy (non-hydrogen) atoms. The number of carbonyl (C=O) groups excluding carboxylic acids is 1. The van der Waals surface area contributed by atoms with Crippen molar-refractivity contribution in [1.29, 1.82) is 0 Å². The standard InChI is InChI=1S/C17H13ClFNO3/c1-22-11-5-3-10(4-6-11)20-15-14(18)12-8-9(19)2-7-13(12)23-16(15)17(20)21/h2-8,14-16H,1H3/t14-,15+,16-/m0/s1. The van der Waals surface area contributed by atoms with Crippen LogP contribution in [0, 0.1) is 5.82 Å². The second-order valence-corrected chi connectivity index (χ2v) is 5.99. The fraction of sp³-hybridized carbons (Fsp3) is 0.235. The van der Waals surface area contributed by atoms with E-state index >= 15 is 0 Å². The molecule has 4 rings (SSSR count). The van der Waals surface area contributed by atoms with Crippen molar-refractivity contribution < 1.29 is 18.7 Å². The number of rotatable bonds is 2. The van der Waals surface area contributed by atoms with E-state index in [9.17, 15) is 9.18 Å². The van der Waals surface area contributed by atoms with E-state index in [4.69, 9.17) is 21.1 Å². The lowest BCUT2D eigenvalue weighted by Gasteiger charge is -2.51. The number of β-lactam (4-membered cyclic amide) rings is 1. The van der Waals surface area contributed by atoms with Crippen molar-refractivity contribution in [2.24, 2.45) is 0 Å². The maximum absolute atomic E-state index is 13.5. The zero-order valence-electron chi connectivity index (χ0n) is 12.2. The number of benzene rings is 2. The Morgan fingerprint density at radius 1 is 1.22 bits per heavy atom. The van der Waals surface area contributed by atoms with Gasteiger partial charge < -0.3 is 9.47 Å². The molecule has 1 fully saturated rings. The van der Waals surface area contributed by atoms with Gasteiger partial charge in [0.1, 0.15) is 23.4 Å². The van der Waals surface area contributed by atoms with Gasteiger partial charge in [0.2, 0.25) is 0 Å². The fourth-order valence-corrected chi connectivity index (χ4v) is 3.51. The number of anilines is 1. The molecule has 118 valence electrons. The number of nitrogens with zero attached hydrogens (tertiary/aromatic N) is 1. The van der Waals surface area contributed by atoms with Crippen molar-refractivity contribution in [1.82, 2.24) is 0 Å². The molecule has 2 heterocycles. The maximum Gasteiger partial charge on any atom is 0.270 e. The first-order valence-corrected chi connectivity index (χ1v) is 7.61. The number of halogens is 2. The minimum absolute atomic E-state index is 0.152. The van der Waals surface area contributed by atoms with E-state index in [2.05, 4.69) is 0 Å². The Kier molecular flexibility index (Phi) is 3.20. The number of ether oxygens (including phenoxy) is 2. The minimum Gasteiger partial charge on any atom is -0.497 e. The summed E-state index contributed by atoms with van der Waals surface area (Å²) >= 11 is 6.52. The largest absolute Gasteiger partial charge is 0.497 e. The molecular weight excluding hydrogens is 321 g/mol. The van der Waals surface area contributed by atoms with Crippen molar-refractivity contribution in [3.63, 3.8) is 0 Å². The van der Waals surface area contributed by atoms with Gasteiger partial charge in [0.15, 0.2) is 6.10 Å². The van der Waals surface area contributed by atoms with Crippen LogP contribution in [0.3, 0.4) is 0 Å². The summed E-state index contributed by atoms with van der Waals surface area (Å²) in [6.07, 6.45) is -0.627. The number of fused-ring (bicyclic) bond motifs is 2. The van der Waals surface area contributed by atoms with Gasteiger partial charge in [-0.2, -0.15) is 0 Å². The van der Waals surface area contributed by atoms with E-state index < -0.39 is 11.5 Å². The highest BCUT2D eigenvalue weighted by molar-refractivity contribution is 6.24. The molecule has 6 heteroatoms. The third-order valence-electron chi connectivity index (χ3n) is 4.26. The maximum atomic E-state index is 13.5. The molecule has 0 saturated carbocycles. The smallest absolute Gasteiger partial charge is 0.270 e. The molecular formula is C17H13ClFNO3. The van der Waals surface area contributed by atoms with Gasteiger partial charge in [0, 0.05) is 11.3 Å². The molecule has 0 radical (unpaired) electrons. The molecule has 0 N–H and O–H groups in total. The number of alkyl halides is 1. The Morgan fingerprint density at radius 3 is 2.65 bits per heavy atom. The van der Waals surface area contributed by atoms with Crippen LogP contribution in [0.1, 0.15) is 10.9 Å². The summed E-state index contributed by atoms with van der Waals surface area (Å²) < 4.78 is 24.3. The Hall–Kier alpha value is -2.27. The molecule has 1 amide bonds. The average Bonchev–Trinajstić information content (AvgIpc) is 2.57. The number of hydrogen-bond acceptors (Lipinski definition) is 3. The Labute approximate surface area is 137 Å². The van der Waals surface area contributed by atoms with Gasteiger partial charge in [-0.05, 0) is 42.5 Å². The predicted molar refractivity (Wildman–Crippen MR) is 83.7 cm³/mol. The molecule has 2 aromatic carbocycles. The zero-order valence-corrected chi connectivity index (χ0v) is 13.0. The molecule has 0 aromatic heterocycles.